The van der Waals surface area contributed by atoms with E-state index in [4.69, 9.17) is 4.52 Å². The highest BCUT2D eigenvalue weighted by Crippen LogP contribution is 2.16. The van der Waals surface area contributed by atoms with Gasteiger partial charge in [-0.15, -0.1) is 0 Å². The zero-order valence-corrected chi connectivity index (χ0v) is 12.0. The molecule has 0 aliphatic rings. The number of hydrogen-bond donors (Lipinski definition) is 2. The summed E-state index contributed by atoms with van der Waals surface area (Å²) in [5, 5.41) is 10.2. The van der Waals surface area contributed by atoms with Gasteiger partial charge in [-0.2, -0.15) is 4.98 Å². The second kappa shape index (κ2) is 5.78. The molecule has 21 heavy (non-hydrogen) atoms. The van der Waals surface area contributed by atoms with Crippen LogP contribution in [0.2, 0.25) is 0 Å². The molecule has 3 aromatic heterocycles. The Morgan fingerprint density at radius 1 is 1.29 bits per heavy atom. The summed E-state index contributed by atoms with van der Waals surface area (Å²) >= 11 is 0. The van der Waals surface area contributed by atoms with Gasteiger partial charge in [-0.1, -0.05) is 5.16 Å². The lowest BCUT2D eigenvalue weighted by Crippen LogP contribution is -2.10. The van der Waals surface area contributed by atoms with Crippen molar-refractivity contribution in [3.05, 3.63) is 30.3 Å². The summed E-state index contributed by atoms with van der Waals surface area (Å²) < 4.78 is 7.02. The summed E-state index contributed by atoms with van der Waals surface area (Å²) in [5.41, 5.74) is 0.790. The molecule has 0 bridgehead atoms. The molecule has 2 N–H and O–H groups in total. The molecule has 0 aliphatic heterocycles. The molecule has 8 nitrogen and oxygen atoms in total. The Kier molecular flexibility index (Phi) is 3.67. The molecule has 0 radical (unpaired) electrons. The van der Waals surface area contributed by atoms with Gasteiger partial charge in [-0.25, -0.2) is 9.97 Å². The lowest BCUT2D eigenvalue weighted by Gasteiger charge is -2.09. The van der Waals surface area contributed by atoms with Crippen LogP contribution in [0.3, 0.4) is 0 Å². The monoisotopic (exact) mass is 287 g/mol. The zero-order chi connectivity index (χ0) is 14.7. The number of aryl methyl sites for hydroxylation is 1. The van der Waals surface area contributed by atoms with Crippen LogP contribution < -0.4 is 10.6 Å². The fourth-order valence-electron chi connectivity index (χ4n) is 2.05. The molecule has 3 aromatic rings. The van der Waals surface area contributed by atoms with Gasteiger partial charge < -0.3 is 19.6 Å². The summed E-state index contributed by atoms with van der Waals surface area (Å²) in [6.45, 7) is 5.29. The number of fused-ring (bicyclic) bond motifs is 1. The zero-order valence-electron chi connectivity index (χ0n) is 12.0. The van der Waals surface area contributed by atoms with E-state index in [2.05, 4.69) is 30.7 Å². The molecule has 0 amide bonds. The van der Waals surface area contributed by atoms with Crippen molar-refractivity contribution in [2.24, 2.45) is 0 Å². The van der Waals surface area contributed by atoms with Gasteiger partial charge in [-0.05, 0) is 13.8 Å². The Morgan fingerprint density at radius 3 is 2.95 bits per heavy atom. The van der Waals surface area contributed by atoms with Crippen molar-refractivity contribution in [3.8, 4) is 0 Å². The smallest absolute Gasteiger partial charge is 0.228 e. The van der Waals surface area contributed by atoms with Crippen LogP contribution in [0.25, 0.3) is 5.65 Å². The maximum atomic E-state index is 5.08. The van der Waals surface area contributed by atoms with Crippen molar-refractivity contribution in [3.63, 3.8) is 0 Å². The summed E-state index contributed by atoms with van der Waals surface area (Å²) in [5.74, 6) is 2.80. The van der Waals surface area contributed by atoms with Crippen molar-refractivity contribution in [2.45, 2.75) is 20.3 Å². The minimum absolute atomic E-state index is 0.613. The molecule has 3 rings (SSSR count). The Balaban J connectivity index is 1.74. The van der Waals surface area contributed by atoms with Crippen molar-refractivity contribution >= 4 is 17.3 Å². The van der Waals surface area contributed by atoms with Crippen LogP contribution in [0.1, 0.15) is 18.6 Å². The number of nitrogens with zero attached hydrogens (tertiary/aromatic N) is 5. The lowest BCUT2D eigenvalue weighted by atomic mass is 10.4. The fourth-order valence-corrected chi connectivity index (χ4v) is 2.05. The van der Waals surface area contributed by atoms with Crippen molar-refractivity contribution in [2.75, 3.05) is 23.7 Å². The van der Waals surface area contributed by atoms with Gasteiger partial charge >= 0.3 is 0 Å². The topological polar surface area (TPSA) is 93.2 Å². The molecule has 0 aliphatic carbocycles. The third-order valence-corrected chi connectivity index (χ3v) is 2.93. The summed E-state index contributed by atoms with van der Waals surface area (Å²) in [6, 6.07) is 0. The molecule has 3 heterocycles. The molecular weight excluding hydrogens is 270 g/mol. The van der Waals surface area contributed by atoms with Gasteiger partial charge in [0, 0.05) is 31.9 Å². The first-order chi connectivity index (χ1) is 10.3. The average Bonchev–Trinajstić information content (AvgIpc) is 3.08. The maximum Gasteiger partial charge on any atom is 0.228 e. The third kappa shape index (κ3) is 2.93. The molecule has 0 saturated heterocycles. The van der Waals surface area contributed by atoms with E-state index in [1.807, 2.05) is 23.7 Å². The molecule has 0 spiro atoms. The predicted octanol–water partition coefficient (Wildman–Crippen LogP) is 1.51. The summed E-state index contributed by atoms with van der Waals surface area (Å²) in [6.07, 6.45) is 6.20. The number of aromatic nitrogens is 5. The number of hydrogen-bond acceptors (Lipinski definition) is 7. The maximum absolute atomic E-state index is 5.08. The van der Waals surface area contributed by atoms with Crippen LogP contribution >= 0.6 is 0 Å². The van der Waals surface area contributed by atoms with Gasteiger partial charge in [0.05, 0.1) is 6.20 Å². The molecular formula is C13H17N7O. The van der Waals surface area contributed by atoms with Crippen LogP contribution in [0, 0.1) is 6.92 Å². The highest BCUT2D eigenvalue weighted by atomic mass is 16.5. The van der Waals surface area contributed by atoms with E-state index in [1.54, 1.807) is 13.1 Å². The van der Waals surface area contributed by atoms with E-state index in [-0.39, 0.29) is 0 Å². The largest absolute Gasteiger partial charge is 0.369 e. The molecule has 110 valence electrons. The average molecular weight is 287 g/mol. The molecule has 0 atom stereocenters. The van der Waals surface area contributed by atoms with Crippen molar-refractivity contribution in [1.82, 2.24) is 24.5 Å². The SMILES string of the molecule is CCNc1cn2ccnc2c(NCCc2nc(C)no2)n1. The first kappa shape index (κ1) is 13.3. The highest BCUT2D eigenvalue weighted by Gasteiger charge is 2.08. The van der Waals surface area contributed by atoms with E-state index in [0.29, 0.717) is 24.7 Å². The molecule has 8 heteroatoms. The van der Waals surface area contributed by atoms with Crippen LogP contribution in [0.15, 0.2) is 23.1 Å². The second-order valence-electron chi connectivity index (χ2n) is 4.58. The lowest BCUT2D eigenvalue weighted by molar-refractivity contribution is 0.377. The van der Waals surface area contributed by atoms with E-state index >= 15 is 0 Å². The number of nitrogens with one attached hydrogen (secondary N) is 2. The van der Waals surface area contributed by atoms with Crippen molar-refractivity contribution < 1.29 is 4.52 Å². The van der Waals surface area contributed by atoms with Gasteiger partial charge in [0.2, 0.25) is 5.89 Å². The van der Waals surface area contributed by atoms with E-state index in [9.17, 15) is 0 Å². The molecule has 0 aromatic carbocycles. The predicted molar refractivity (Wildman–Crippen MR) is 78.4 cm³/mol. The van der Waals surface area contributed by atoms with E-state index < -0.39 is 0 Å². The Hall–Kier alpha value is -2.64. The number of anilines is 2. The fraction of sp³-hybridized carbons (Fsp3) is 0.385. The minimum atomic E-state index is 0.613. The Morgan fingerprint density at radius 2 is 2.19 bits per heavy atom. The Bertz CT molecular complexity index is 733. The first-order valence-electron chi connectivity index (χ1n) is 6.87. The summed E-state index contributed by atoms with van der Waals surface area (Å²) in [4.78, 5) is 13.0. The van der Waals surface area contributed by atoms with Crippen LogP contribution in [0.4, 0.5) is 11.6 Å². The highest BCUT2D eigenvalue weighted by molar-refractivity contribution is 5.65. The van der Waals surface area contributed by atoms with Gasteiger partial charge in [0.25, 0.3) is 0 Å². The third-order valence-electron chi connectivity index (χ3n) is 2.93. The normalized spacial score (nSPS) is 11.0. The number of rotatable bonds is 6. The van der Waals surface area contributed by atoms with E-state index in [0.717, 1.165) is 23.8 Å². The van der Waals surface area contributed by atoms with Crippen LogP contribution in [0.5, 0.6) is 0 Å². The molecule has 0 saturated carbocycles. The van der Waals surface area contributed by atoms with E-state index in [1.165, 1.54) is 0 Å². The van der Waals surface area contributed by atoms with Crippen molar-refractivity contribution in [1.29, 1.82) is 0 Å². The van der Waals surface area contributed by atoms with Gasteiger partial charge in [-0.3, -0.25) is 0 Å². The van der Waals surface area contributed by atoms with Gasteiger partial charge in [0.15, 0.2) is 17.3 Å². The quantitative estimate of drug-likeness (QED) is 0.709. The van der Waals surface area contributed by atoms with Crippen LogP contribution in [-0.2, 0) is 6.42 Å². The standard InChI is InChI=1S/C13H17N7O/c1-3-14-10-8-20-7-6-16-13(20)12(18-10)15-5-4-11-17-9(2)19-21-11/h6-8,14H,3-5H2,1-2H3,(H,15,18). The molecule has 0 fully saturated rings. The van der Waals surface area contributed by atoms with Crippen LogP contribution in [-0.4, -0.2) is 37.6 Å². The first-order valence-corrected chi connectivity index (χ1v) is 6.87. The van der Waals surface area contributed by atoms with Gasteiger partial charge in [0.1, 0.15) is 5.82 Å². The minimum Gasteiger partial charge on any atom is -0.369 e. The number of imidazole rings is 1. The molecule has 0 unspecified atom stereocenters. The Labute approximate surface area is 121 Å². The summed E-state index contributed by atoms with van der Waals surface area (Å²) in [7, 11) is 0. The second-order valence-corrected chi connectivity index (χ2v) is 4.58.